The first-order valence-electron chi connectivity index (χ1n) is 5.81. The summed E-state index contributed by atoms with van der Waals surface area (Å²) in [6.07, 6.45) is 2.49. The quantitative estimate of drug-likeness (QED) is 0.780. The number of carbonyl (C=O) groups is 1. The van der Waals surface area contributed by atoms with Crippen molar-refractivity contribution in [3.05, 3.63) is 0 Å². The zero-order valence-electron chi connectivity index (χ0n) is 10.4. The molecule has 16 heavy (non-hydrogen) atoms. The fourth-order valence-corrected chi connectivity index (χ4v) is 1.58. The molecule has 0 aromatic heterocycles. The van der Waals surface area contributed by atoms with Gasteiger partial charge in [-0.2, -0.15) is 5.26 Å². The Balaban J connectivity index is 2.64. The van der Waals surface area contributed by atoms with E-state index in [9.17, 15) is 4.79 Å². The van der Waals surface area contributed by atoms with Gasteiger partial charge >= 0.3 is 0 Å². The van der Waals surface area contributed by atoms with E-state index in [-0.39, 0.29) is 11.3 Å². The topological polar surface area (TPSA) is 70.1 Å². The van der Waals surface area contributed by atoms with E-state index >= 15 is 0 Å². The minimum atomic E-state index is -0.480. The zero-order valence-corrected chi connectivity index (χ0v) is 10.4. The van der Waals surface area contributed by atoms with Crippen molar-refractivity contribution in [1.82, 2.24) is 4.90 Å². The van der Waals surface area contributed by atoms with E-state index in [1.165, 1.54) is 0 Å². The maximum absolute atomic E-state index is 12.2. The third-order valence-electron chi connectivity index (χ3n) is 2.93. The molecule has 1 fully saturated rings. The van der Waals surface area contributed by atoms with E-state index in [1.54, 1.807) is 4.90 Å². The van der Waals surface area contributed by atoms with Crippen LogP contribution in [0, 0.1) is 16.7 Å². The summed E-state index contributed by atoms with van der Waals surface area (Å²) in [6, 6.07) is 1.93. The number of hydrogen-bond donors (Lipinski definition) is 1. The summed E-state index contributed by atoms with van der Waals surface area (Å²) in [4.78, 5) is 14.0. The van der Waals surface area contributed by atoms with Crippen LogP contribution in [0.1, 0.15) is 40.0 Å². The van der Waals surface area contributed by atoms with Gasteiger partial charge in [-0.1, -0.05) is 20.8 Å². The van der Waals surface area contributed by atoms with Gasteiger partial charge in [0, 0.05) is 12.6 Å². The predicted molar refractivity (Wildman–Crippen MR) is 62.4 cm³/mol. The first-order chi connectivity index (χ1) is 7.38. The molecule has 1 rings (SSSR count). The second-order valence-electron chi connectivity index (χ2n) is 5.51. The van der Waals surface area contributed by atoms with Crippen molar-refractivity contribution in [2.45, 2.75) is 52.1 Å². The average Bonchev–Trinajstić information content (AvgIpc) is 2.99. The molecule has 90 valence electrons. The summed E-state index contributed by atoms with van der Waals surface area (Å²) in [5.74, 6) is -0.00903. The molecule has 1 atom stereocenters. The number of amides is 1. The van der Waals surface area contributed by atoms with Gasteiger partial charge < -0.3 is 10.6 Å². The molecule has 0 saturated heterocycles. The Morgan fingerprint density at radius 3 is 2.50 bits per heavy atom. The lowest BCUT2D eigenvalue weighted by molar-refractivity contribution is -0.135. The first kappa shape index (κ1) is 13.0. The van der Waals surface area contributed by atoms with Gasteiger partial charge in [-0.05, 0) is 18.3 Å². The highest BCUT2D eigenvalue weighted by atomic mass is 16.2. The molecule has 1 aliphatic rings. The minimum absolute atomic E-state index is 0.00903. The van der Waals surface area contributed by atoms with Crippen LogP contribution < -0.4 is 5.73 Å². The lowest BCUT2D eigenvalue weighted by atomic mass is 9.86. The molecular weight excluding hydrogens is 202 g/mol. The second kappa shape index (κ2) is 4.84. The van der Waals surface area contributed by atoms with Gasteiger partial charge in [-0.15, -0.1) is 0 Å². The summed E-state index contributed by atoms with van der Waals surface area (Å²) >= 11 is 0. The zero-order chi connectivity index (χ0) is 12.3. The first-order valence-corrected chi connectivity index (χ1v) is 5.81. The molecule has 1 saturated carbocycles. The summed E-state index contributed by atoms with van der Waals surface area (Å²) < 4.78 is 0. The van der Waals surface area contributed by atoms with Crippen LogP contribution in [0.2, 0.25) is 0 Å². The Labute approximate surface area is 97.4 Å². The van der Waals surface area contributed by atoms with Gasteiger partial charge in [0.25, 0.3) is 0 Å². The molecule has 1 unspecified atom stereocenters. The summed E-state index contributed by atoms with van der Waals surface area (Å²) in [5.41, 5.74) is 5.73. The number of hydrogen-bond acceptors (Lipinski definition) is 3. The molecule has 0 aliphatic heterocycles. The Bertz CT molecular complexity index is 296. The SMILES string of the molecule is CC(C)(C)C(N)C(=O)N(CCC#N)C1CC1. The molecule has 1 aliphatic carbocycles. The molecule has 1 amide bonds. The van der Waals surface area contributed by atoms with Crippen molar-refractivity contribution in [2.75, 3.05) is 6.54 Å². The molecular formula is C12H21N3O. The summed E-state index contributed by atoms with van der Waals surface area (Å²) in [7, 11) is 0. The van der Waals surface area contributed by atoms with Gasteiger partial charge in [0.1, 0.15) is 0 Å². The van der Waals surface area contributed by atoms with Crippen LogP contribution in [-0.4, -0.2) is 29.4 Å². The number of rotatable bonds is 4. The van der Waals surface area contributed by atoms with Crippen molar-refractivity contribution in [3.63, 3.8) is 0 Å². The Kier molecular flexibility index (Phi) is 3.93. The van der Waals surface area contributed by atoms with E-state index in [1.807, 2.05) is 20.8 Å². The summed E-state index contributed by atoms with van der Waals surface area (Å²) in [6.45, 7) is 6.41. The van der Waals surface area contributed by atoms with Crippen molar-refractivity contribution >= 4 is 5.91 Å². The smallest absolute Gasteiger partial charge is 0.240 e. The third kappa shape index (κ3) is 3.21. The van der Waals surface area contributed by atoms with Crippen molar-refractivity contribution in [1.29, 1.82) is 5.26 Å². The molecule has 0 heterocycles. The highest BCUT2D eigenvalue weighted by molar-refractivity contribution is 5.83. The fraction of sp³-hybridized carbons (Fsp3) is 0.833. The van der Waals surface area contributed by atoms with Crippen LogP contribution in [0.5, 0.6) is 0 Å². The second-order valence-corrected chi connectivity index (χ2v) is 5.51. The van der Waals surface area contributed by atoms with Crippen molar-refractivity contribution in [3.8, 4) is 6.07 Å². The van der Waals surface area contributed by atoms with E-state index in [0.29, 0.717) is 19.0 Å². The summed E-state index contributed by atoms with van der Waals surface area (Å²) in [5, 5.41) is 8.58. The molecule has 2 N–H and O–H groups in total. The lowest BCUT2D eigenvalue weighted by Crippen LogP contribution is -2.51. The van der Waals surface area contributed by atoms with Gasteiger partial charge in [-0.25, -0.2) is 0 Å². The molecule has 0 bridgehead atoms. The van der Waals surface area contributed by atoms with Crippen LogP contribution >= 0.6 is 0 Å². The van der Waals surface area contributed by atoms with Gasteiger partial charge in [0.2, 0.25) is 5.91 Å². The maximum Gasteiger partial charge on any atom is 0.240 e. The monoisotopic (exact) mass is 223 g/mol. The van der Waals surface area contributed by atoms with E-state index in [0.717, 1.165) is 12.8 Å². The van der Waals surface area contributed by atoms with Crippen LogP contribution in [0.3, 0.4) is 0 Å². The normalized spacial score (nSPS) is 17.7. The van der Waals surface area contributed by atoms with Crippen molar-refractivity contribution < 1.29 is 4.79 Å². The number of nitriles is 1. The molecule has 0 spiro atoms. The van der Waals surface area contributed by atoms with Gasteiger partial charge in [0.05, 0.1) is 18.5 Å². The molecule has 4 heteroatoms. The molecule has 0 aromatic rings. The van der Waals surface area contributed by atoms with Crippen LogP contribution in [0.4, 0.5) is 0 Å². The van der Waals surface area contributed by atoms with Crippen LogP contribution in [0.15, 0.2) is 0 Å². The van der Waals surface area contributed by atoms with Crippen LogP contribution in [0.25, 0.3) is 0 Å². The number of carbonyl (C=O) groups excluding carboxylic acids is 1. The number of nitrogens with two attached hydrogens (primary N) is 1. The highest BCUT2D eigenvalue weighted by Crippen LogP contribution is 2.29. The van der Waals surface area contributed by atoms with Gasteiger partial charge in [0.15, 0.2) is 0 Å². The molecule has 4 nitrogen and oxygen atoms in total. The third-order valence-corrected chi connectivity index (χ3v) is 2.93. The largest absolute Gasteiger partial charge is 0.337 e. The predicted octanol–water partition coefficient (Wildman–Crippen LogP) is 1.26. The Hall–Kier alpha value is -1.08. The lowest BCUT2D eigenvalue weighted by Gasteiger charge is -2.31. The van der Waals surface area contributed by atoms with Crippen molar-refractivity contribution in [2.24, 2.45) is 11.1 Å². The highest BCUT2D eigenvalue weighted by Gasteiger charge is 2.37. The van der Waals surface area contributed by atoms with Gasteiger partial charge in [-0.3, -0.25) is 4.79 Å². The Morgan fingerprint density at radius 1 is 1.56 bits per heavy atom. The average molecular weight is 223 g/mol. The standard InChI is InChI=1S/C12H21N3O/c1-12(2,3)10(14)11(16)15(8-4-7-13)9-5-6-9/h9-10H,4-6,8,14H2,1-3H3. The maximum atomic E-state index is 12.2. The molecule has 0 radical (unpaired) electrons. The van der Waals surface area contributed by atoms with Crippen LogP contribution in [-0.2, 0) is 4.79 Å². The van der Waals surface area contributed by atoms with E-state index in [2.05, 4.69) is 6.07 Å². The van der Waals surface area contributed by atoms with E-state index in [4.69, 9.17) is 11.0 Å². The Morgan fingerprint density at radius 2 is 2.12 bits per heavy atom. The minimum Gasteiger partial charge on any atom is -0.337 e. The fourth-order valence-electron chi connectivity index (χ4n) is 1.58. The number of nitrogens with zero attached hydrogens (tertiary/aromatic N) is 2. The van der Waals surface area contributed by atoms with E-state index < -0.39 is 6.04 Å². The molecule has 0 aromatic carbocycles.